The van der Waals surface area contributed by atoms with Crippen LogP contribution >= 0.6 is 0 Å². The van der Waals surface area contributed by atoms with Gasteiger partial charge in [-0.1, -0.05) is 11.5 Å². The van der Waals surface area contributed by atoms with E-state index in [0.29, 0.717) is 18.0 Å². The van der Waals surface area contributed by atoms with Crippen molar-refractivity contribution in [1.82, 2.24) is 10.2 Å². The van der Waals surface area contributed by atoms with Crippen LogP contribution in [0.1, 0.15) is 43.9 Å². The first-order valence-corrected chi connectivity index (χ1v) is 5.02. The van der Waals surface area contributed by atoms with Crippen LogP contribution in [0.5, 0.6) is 0 Å². The lowest BCUT2D eigenvalue weighted by Gasteiger charge is -2.20. The Morgan fingerprint density at radius 2 is 2.00 bits per heavy atom. The monoisotopic (exact) mass is 179 g/mol. The molecule has 0 radical (unpaired) electrons. The molecule has 2 aliphatic carbocycles. The first-order valence-electron chi connectivity index (χ1n) is 5.02. The summed E-state index contributed by atoms with van der Waals surface area (Å²) in [5.74, 6) is 1.37. The molecule has 0 aromatic carbocycles. The number of nitrogens with zero attached hydrogens (tertiary/aromatic N) is 2. The zero-order valence-electron chi connectivity index (χ0n) is 7.49. The average Bonchev–Trinajstić information content (AvgIpc) is 2.69. The molecular weight excluding hydrogens is 166 g/mol. The van der Waals surface area contributed by atoms with Crippen LogP contribution in [-0.4, -0.2) is 16.2 Å². The summed E-state index contributed by atoms with van der Waals surface area (Å²) in [6, 6.07) is 1.21. The molecule has 0 spiro atoms. The Bertz CT molecular complexity index is 302. The van der Waals surface area contributed by atoms with Gasteiger partial charge in [0.15, 0.2) is 0 Å². The lowest BCUT2D eigenvalue weighted by molar-refractivity contribution is 0.338. The average molecular weight is 179 g/mol. The molecule has 0 aliphatic heterocycles. The number of hydrogen-bond donors (Lipinski definition) is 1. The molecule has 0 bridgehead atoms. The fourth-order valence-electron chi connectivity index (χ4n) is 1.52. The molecule has 0 amide bonds. The zero-order valence-corrected chi connectivity index (χ0v) is 7.49. The van der Waals surface area contributed by atoms with Crippen molar-refractivity contribution in [2.24, 2.45) is 0 Å². The van der Waals surface area contributed by atoms with Gasteiger partial charge in [-0.15, -0.1) is 5.10 Å². The molecule has 70 valence electrons. The molecular formula is C9H13N3O. The molecule has 4 nitrogen and oxygen atoms in total. The summed E-state index contributed by atoms with van der Waals surface area (Å²) in [7, 11) is 0. The highest BCUT2D eigenvalue weighted by Gasteiger charge is 2.27. The van der Waals surface area contributed by atoms with Crippen molar-refractivity contribution < 1.29 is 4.42 Å². The molecule has 1 heterocycles. The normalized spacial score (nSPS) is 22.8. The van der Waals surface area contributed by atoms with Crippen LogP contribution in [0.2, 0.25) is 0 Å². The summed E-state index contributed by atoms with van der Waals surface area (Å²) in [5.41, 5.74) is 0. The van der Waals surface area contributed by atoms with Gasteiger partial charge in [0, 0.05) is 12.0 Å². The Hall–Kier alpha value is -1.06. The van der Waals surface area contributed by atoms with Gasteiger partial charge in [-0.2, -0.15) is 0 Å². The Morgan fingerprint density at radius 1 is 1.15 bits per heavy atom. The van der Waals surface area contributed by atoms with Crippen LogP contribution < -0.4 is 5.32 Å². The standard InChI is InChI=1S/C9H13N3O/c1-2-6(3-1)8-11-12-9(13-8)10-7-4-5-7/h6-7H,1-5H2,(H,10,12). The van der Waals surface area contributed by atoms with Gasteiger partial charge in [0.1, 0.15) is 0 Å². The number of hydrogen-bond acceptors (Lipinski definition) is 4. The van der Waals surface area contributed by atoms with Crippen molar-refractivity contribution >= 4 is 6.01 Å². The van der Waals surface area contributed by atoms with Crippen LogP contribution in [0.3, 0.4) is 0 Å². The molecule has 1 aromatic heterocycles. The highest BCUT2D eigenvalue weighted by molar-refractivity contribution is 5.23. The van der Waals surface area contributed by atoms with E-state index in [1.54, 1.807) is 0 Å². The van der Waals surface area contributed by atoms with E-state index in [0.717, 1.165) is 5.89 Å². The predicted molar refractivity (Wildman–Crippen MR) is 47.5 cm³/mol. The number of nitrogens with one attached hydrogen (secondary N) is 1. The van der Waals surface area contributed by atoms with Crippen molar-refractivity contribution in [3.63, 3.8) is 0 Å². The number of rotatable bonds is 3. The molecule has 4 heteroatoms. The summed E-state index contributed by atoms with van der Waals surface area (Å²) in [4.78, 5) is 0. The molecule has 13 heavy (non-hydrogen) atoms. The van der Waals surface area contributed by atoms with E-state index in [1.165, 1.54) is 32.1 Å². The predicted octanol–water partition coefficient (Wildman–Crippen LogP) is 1.91. The Kier molecular flexibility index (Phi) is 1.54. The van der Waals surface area contributed by atoms with Crippen LogP contribution in [-0.2, 0) is 0 Å². The fourth-order valence-corrected chi connectivity index (χ4v) is 1.52. The van der Waals surface area contributed by atoms with Gasteiger partial charge in [0.05, 0.1) is 0 Å². The smallest absolute Gasteiger partial charge is 0.315 e. The lowest BCUT2D eigenvalue weighted by atomic mass is 9.85. The summed E-state index contributed by atoms with van der Waals surface area (Å²) in [5, 5.41) is 11.2. The van der Waals surface area contributed by atoms with Crippen molar-refractivity contribution in [2.75, 3.05) is 5.32 Å². The van der Waals surface area contributed by atoms with Gasteiger partial charge >= 0.3 is 6.01 Å². The van der Waals surface area contributed by atoms with Crippen LogP contribution in [0.15, 0.2) is 4.42 Å². The molecule has 0 atom stereocenters. The van der Waals surface area contributed by atoms with Gasteiger partial charge in [-0.3, -0.25) is 0 Å². The minimum absolute atomic E-state index is 0.544. The quantitative estimate of drug-likeness (QED) is 0.770. The minimum atomic E-state index is 0.544. The first kappa shape index (κ1) is 7.35. The Morgan fingerprint density at radius 3 is 2.62 bits per heavy atom. The van der Waals surface area contributed by atoms with E-state index in [4.69, 9.17) is 4.42 Å². The maximum atomic E-state index is 5.51. The van der Waals surface area contributed by atoms with E-state index in [9.17, 15) is 0 Å². The summed E-state index contributed by atoms with van der Waals surface area (Å²) in [6.07, 6.45) is 6.21. The second-order valence-electron chi connectivity index (χ2n) is 3.99. The van der Waals surface area contributed by atoms with Crippen molar-refractivity contribution in [3.8, 4) is 0 Å². The fraction of sp³-hybridized carbons (Fsp3) is 0.778. The highest BCUT2D eigenvalue weighted by atomic mass is 16.4. The molecule has 1 N–H and O–H groups in total. The van der Waals surface area contributed by atoms with Crippen molar-refractivity contribution in [1.29, 1.82) is 0 Å². The summed E-state index contributed by atoms with van der Waals surface area (Å²) < 4.78 is 5.51. The molecule has 2 fully saturated rings. The zero-order chi connectivity index (χ0) is 8.67. The molecule has 2 aliphatic rings. The van der Waals surface area contributed by atoms with E-state index < -0.39 is 0 Å². The summed E-state index contributed by atoms with van der Waals surface area (Å²) >= 11 is 0. The van der Waals surface area contributed by atoms with Crippen LogP contribution in [0.4, 0.5) is 6.01 Å². The second-order valence-corrected chi connectivity index (χ2v) is 3.99. The van der Waals surface area contributed by atoms with Gasteiger partial charge in [-0.05, 0) is 25.7 Å². The van der Waals surface area contributed by atoms with Gasteiger partial charge in [0.25, 0.3) is 0 Å². The topological polar surface area (TPSA) is 51.0 Å². The molecule has 3 rings (SSSR count). The SMILES string of the molecule is C1CC(c2nnc(NC3CC3)o2)C1. The van der Waals surface area contributed by atoms with Crippen molar-refractivity contribution in [3.05, 3.63) is 5.89 Å². The molecule has 0 unspecified atom stereocenters. The third-order valence-electron chi connectivity index (χ3n) is 2.80. The Labute approximate surface area is 76.7 Å². The minimum Gasteiger partial charge on any atom is -0.408 e. The number of anilines is 1. The number of aromatic nitrogens is 2. The molecule has 0 saturated heterocycles. The van der Waals surface area contributed by atoms with Gasteiger partial charge in [0.2, 0.25) is 5.89 Å². The third-order valence-corrected chi connectivity index (χ3v) is 2.80. The largest absolute Gasteiger partial charge is 0.408 e. The van der Waals surface area contributed by atoms with E-state index in [-0.39, 0.29) is 0 Å². The summed E-state index contributed by atoms with van der Waals surface area (Å²) in [6.45, 7) is 0. The second kappa shape index (κ2) is 2.72. The third kappa shape index (κ3) is 1.41. The van der Waals surface area contributed by atoms with E-state index in [1.807, 2.05) is 0 Å². The first-order chi connectivity index (χ1) is 6.42. The van der Waals surface area contributed by atoms with E-state index in [2.05, 4.69) is 15.5 Å². The van der Waals surface area contributed by atoms with Crippen LogP contribution in [0.25, 0.3) is 0 Å². The van der Waals surface area contributed by atoms with E-state index >= 15 is 0 Å². The van der Waals surface area contributed by atoms with Crippen LogP contribution in [0, 0.1) is 0 Å². The highest BCUT2D eigenvalue weighted by Crippen LogP contribution is 2.36. The molecule has 2 saturated carbocycles. The maximum Gasteiger partial charge on any atom is 0.315 e. The molecule has 1 aromatic rings. The van der Waals surface area contributed by atoms with Gasteiger partial charge in [-0.25, -0.2) is 0 Å². The van der Waals surface area contributed by atoms with Crippen molar-refractivity contribution in [2.45, 2.75) is 44.1 Å². The maximum absolute atomic E-state index is 5.51. The lowest BCUT2D eigenvalue weighted by Crippen LogP contribution is -2.08. The van der Waals surface area contributed by atoms with Gasteiger partial charge < -0.3 is 9.73 Å². The Balaban J connectivity index is 1.69.